The minimum Gasteiger partial charge on any atom is -0.446 e. The SMILES string of the molecule is CC(=O)c1ccc(Sc2ccc(C)c(C)c2)o1. The van der Waals surface area contributed by atoms with E-state index in [1.807, 2.05) is 6.07 Å². The largest absolute Gasteiger partial charge is 0.446 e. The summed E-state index contributed by atoms with van der Waals surface area (Å²) >= 11 is 1.53. The Balaban J connectivity index is 2.19. The van der Waals surface area contributed by atoms with Crippen LogP contribution in [0.2, 0.25) is 0 Å². The zero-order valence-electron chi connectivity index (χ0n) is 10.1. The van der Waals surface area contributed by atoms with Crippen LogP contribution in [0.15, 0.2) is 44.7 Å². The van der Waals surface area contributed by atoms with Crippen LogP contribution in [0.25, 0.3) is 0 Å². The Morgan fingerprint density at radius 1 is 1.12 bits per heavy atom. The van der Waals surface area contributed by atoms with Crippen molar-refractivity contribution in [2.75, 3.05) is 0 Å². The molecule has 0 unspecified atom stereocenters. The maximum Gasteiger partial charge on any atom is 0.194 e. The first-order chi connectivity index (χ1) is 8.06. The van der Waals surface area contributed by atoms with Crippen LogP contribution >= 0.6 is 11.8 Å². The van der Waals surface area contributed by atoms with Crippen LogP contribution in [0, 0.1) is 13.8 Å². The Kier molecular flexibility index (Phi) is 3.38. The molecule has 2 nitrogen and oxygen atoms in total. The normalized spacial score (nSPS) is 10.5. The molecule has 0 amide bonds. The van der Waals surface area contributed by atoms with Crippen LogP contribution in [0.4, 0.5) is 0 Å². The number of carbonyl (C=O) groups excluding carboxylic acids is 1. The molecule has 0 aliphatic heterocycles. The van der Waals surface area contributed by atoms with Crippen molar-refractivity contribution in [1.29, 1.82) is 0 Å². The minimum absolute atomic E-state index is 0.0445. The molecule has 88 valence electrons. The summed E-state index contributed by atoms with van der Waals surface area (Å²) in [7, 11) is 0. The number of aryl methyl sites for hydroxylation is 2. The molecule has 3 heteroatoms. The molecule has 0 aliphatic rings. The highest BCUT2D eigenvalue weighted by atomic mass is 32.2. The van der Waals surface area contributed by atoms with Gasteiger partial charge in [0.1, 0.15) is 0 Å². The Morgan fingerprint density at radius 2 is 1.88 bits per heavy atom. The number of ketones is 1. The summed E-state index contributed by atoms with van der Waals surface area (Å²) in [5.74, 6) is 0.369. The van der Waals surface area contributed by atoms with Gasteiger partial charge in [0.05, 0.1) is 0 Å². The lowest BCUT2D eigenvalue weighted by molar-refractivity contribution is 0.0982. The van der Waals surface area contributed by atoms with E-state index in [0.29, 0.717) is 5.76 Å². The molecule has 17 heavy (non-hydrogen) atoms. The third-order valence-electron chi connectivity index (χ3n) is 2.63. The molecule has 1 heterocycles. The molecule has 0 atom stereocenters. The smallest absolute Gasteiger partial charge is 0.194 e. The first kappa shape index (κ1) is 12.0. The van der Waals surface area contributed by atoms with Gasteiger partial charge in [-0.15, -0.1) is 0 Å². The summed E-state index contributed by atoms with van der Waals surface area (Å²) in [5, 5.41) is 0.749. The van der Waals surface area contributed by atoms with Gasteiger partial charge in [-0.05, 0) is 49.2 Å². The Bertz CT molecular complexity index is 555. The van der Waals surface area contributed by atoms with E-state index >= 15 is 0 Å². The van der Waals surface area contributed by atoms with Crippen molar-refractivity contribution in [2.24, 2.45) is 0 Å². The third kappa shape index (κ3) is 2.80. The second-order valence-corrected chi connectivity index (χ2v) is 5.10. The zero-order chi connectivity index (χ0) is 12.4. The van der Waals surface area contributed by atoms with Crippen LogP contribution in [-0.2, 0) is 0 Å². The van der Waals surface area contributed by atoms with E-state index in [2.05, 4.69) is 32.0 Å². The highest BCUT2D eigenvalue weighted by Crippen LogP contribution is 2.30. The number of hydrogen-bond acceptors (Lipinski definition) is 3. The molecular formula is C14H14O2S. The van der Waals surface area contributed by atoms with Gasteiger partial charge < -0.3 is 4.42 Å². The first-order valence-electron chi connectivity index (χ1n) is 5.42. The highest BCUT2D eigenvalue weighted by molar-refractivity contribution is 7.99. The number of hydrogen-bond donors (Lipinski definition) is 0. The summed E-state index contributed by atoms with van der Waals surface area (Å²) in [6.45, 7) is 5.68. The summed E-state index contributed by atoms with van der Waals surface area (Å²) in [5.41, 5.74) is 2.53. The van der Waals surface area contributed by atoms with E-state index in [9.17, 15) is 4.79 Å². The highest BCUT2D eigenvalue weighted by Gasteiger charge is 2.07. The van der Waals surface area contributed by atoms with Crippen molar-refractivity contribution in [3.05, 3.63) is 47.2 Å². The minimum atomic E-state index is -0.0445. The second-order valence-electron chi connectivity index (χ2n) is 4.02. The third-order valence-corrected chi connectivity index (χ3v) is 3.54. The Hall–Kier alpha value is -1.48. The molecule has 1 aromatic carbocycles. The van der Waals surface area contributed by atoms with Gasteiger partial charge in [0.2, 0.25) is 0 Å². The Labute approximate surface area is 105 Å². The lowest BCUT2D eigenvalue weighted by Crippen LogP contribution is -1.85. The van der Waals surface area contributed by atoms with Crippen molar-refractivity contribution < 1.29 is 9.21 Å². The predicted molar refractivity (Wildman–Crippen MR) is 68.8 cm³/mol. The molecule has 0 saturated heterocycles. The molecule has 2 rings (SSSR count). The van der Waals surface area contributed by atoms with Gasteiger partial charge in [-0.3, -0.25) is 4.79 Å². The van der Waals surface area contributed by atoms with Crippen molar-refractivity contribution in [1.82, 2.24) is 0 Å². The molecule has 1 aromatic heterocycles. The van der Waals surface area contributed by atoms with Gasteiger partial charge in [0, 0.05) is 11.8 Å². The summed E-state index contributed by atoms with van der Waals surface area (Å²) in [4.78, 5) is 12.2. The van der Waals surface area contributed by atoms with E-state index in [0.717, 1.165) is 9.99 Å². The average Bonchev–Trinajstić information content (AvgIpc) is 2.72. The Morgan fingerprint density at radius 3 is 2.47 bits per heavy atom. The fourth-order valence-electron chi connectivity index (χ4n) is 1.46. The molecule has 0 aliphatic carbocycles. The molecule has 0 spiro atoms. The van der Waals surface area contributed by atoms with Gasteiger partial charge in [0.15, 0.2) is 16.6 Å². The molecule has 0 bridgehead atoms. The molecular weight excluding hydrogens is 232 g/mol. The van der Waals surface area contributed by atoms with Gasteiger partial charge >= 0.3 is 0 Å². The van der Waals surface area contributed by atoms with Crippen LogP contribution in [0.1, 0.15) is 28.6 Å². The zero-order valence-corrected chi connectivity index (χ0v) is 10.9. The summed E-state index contributed by atoms with van der Waals surface area (Å²) in [6, 6.07) is 9.81. The van der Waals surface area contributed by atoms with E-state index in [-0.39, 0.29) is 5.78 Å². The predicted octanol–water partition coefficient (Wildman–Crippen LogP) is 4.25. The van der Waals surface area contributed by atoms with Crippen molar-refractivity contribution in [3.63, 3.8) is 0 Å². The van der Waals surface area contributed by atoms with E-state index in [1.165, 1.54) is 29.8 Å². The number of rotatable bonds is 3. The molecule has 0 N–H and O–H groups in total. The maximum atomic E-state index is 11.1. The number of benzene rings is 1. The lowest BCUT2D eigenvalue weighted by Gasteiger charge is -2.02. The molecule has 0 saturated carbocycles. The quantitative estimate of drug-likeness (QED) is 0.758. The van der Waals surface area contributed by atoms with Crippen LogP contribution in [-0.4, -0.2) is 5.78 Å². The van der Waals surface area contributed by atoms with Crippen molar-refractivity contribution >= 4 is 17.5 Å². The van der Waals surface area contributed by atoms with Gasteiger partial charge in [-0.25, -0.2) is 0 Å². The number of carbonyl (C=O) groups is 1. The molecule has 2 aromatic rings. The van der Waals surface area contributed by atoms with E-state index < -0.39 is 0 Å². The lowest BCUT2D eigenvalue weighted by atomic mass is 10.1. The topological polar surface area (TPSA) is 30.2 Å². The van der Waals surface area contributed by atoms with Crippen molar-refractivity contribution in [2.45, 2.75) is 30.8 Å². The number of furan rings is 1. The van der Waals surface area contributed by atoms with E-state index in [4.69, 9.17) is 4.42 Å². The van der Waals surface area contributed by atoms with Gasteiger partial charge in [-0.1, -0.05) is 17.8 Å². The summed E-state index contributed by atoms with van der Waals surface area (Å²) in [6.07, 6.45) is 0. The average molecular weight is 246 g/mol. The standard InChI is InChI=1S/C14H14O2S/c1-9-4-5-12(8-10(9)2)17-14-7-6-13(16-14)11(3)15/h4-8H,1-3H3. The first-order valence-corrected chi connectivity index (χ1v) is 6.24. The molecule has 0 radical (unpaired) electrons. The molecule has 0 fully saturated rings. The monoisotopic (exact) mass is 246 g/mol. The van der Waals surface area contributed by atoms with Crippen LogP contribution in [0.5, 0.6) is 0 Å². The number of Topliss-reactive ketones (excluding diaryl/α,β-unsaturated/α-hetero) is 1. The second kappa shape index (κ2) is 4.80. The summed E-state index contributed by atoms with van der Waals surface area (Å²) < 4.78 is 5.43. The van der Waals surface area contributed by atoms with Gasteiger partial charge in [0.25, 0.3) is 0 Å². The van der Waals surface area contributed by atoms with Crippen LogP contribution < -0.4 is 0 Å². The van der Waals surface area contributed by atoms with Crippen LogP contribution in [0.3, 0.4) is 0 Å². The fourth-order valence-corrected chi connectivity index (χ4v) is 2.33. The fraction of sp³-hybridized carbons (Fsp3) is 0.214. The van der Waals surface area contributed by atoms with Crippen molar-refractivity contribution in [3.8, 4) is 0 Å². The van der Waals surface area contributed by atoms with Gasteiger partial charge in [-0.2, -0.15) is 0 Å². The van der Waals surface area contributed by atoms with E-state index in [1.54, 1.807) is 6.07 Å². The maximum absolute atomic E-state index is 11.1.